The van der Waals surface area contributed by atoms with Crippen LogP contribution in [0.3, 0.4) is 0 Å². The lowest BCUT2D eigenvalue weighted by Gasteiger charge is -2.06. The number of hydrogen-bond donors (Lipinski definition) is 1. The molecule has 0 aliphatic carbocycles. The highest BCUT2D eigenvalue weighted by atomic mass is 79.9. The summed E-state index contributed by atoms with van der Waals surface area (Å²) in [5.41, 5.74) is 3.71. The van der Waals surface area contributed by atoms with E-state index in [1.54, 1.807) is 0 Å². The van der Waals surface area contributed by atoms with Gasteiger partial charge in [-0.25, -0.2) is 0 Å². The zero-order valence-electron chi connectivity index (χ0n) is 10.00. The summed E-state index contributed by atoms with van der Waals surface area (Å²) in [5, 5.41) is 3.43. The Morgan fingerprint density at radius 1 is 0.889 bits per heavy atom. The Balaban J connectivity index is 1.88. The van der Waals surface area contributed by atoms with Crippen LogP contribution in [0.4, 0.5) is 0 Å². The molecule has 94 valence electrons. The molecular weight excluding hydrogens is 310 g/mol. The minimum Gasteiger partial charge on any atom is -0.309 e. The summed E-state index contributed by atoms with van der Waals surface area (Å²) < 4.78 is 1.12. The van der Waals surface area contributed by atoms with E-state index in [2.05, 4.69) is 51.6 Å². The first-order chi connectivity index (χ1) is 8.78. The fourth-order valence-electron chi connectivity index (χ4n) is 1.82. The lowest BCUT2D eigenvalue weighted by Crippen LogP contribution is -2.12. The van der Waals surface area contributed by atoms with E-state index < -0.39 is 0 Å². The van der Waals surface area contributed by atoms with Gasteiger partial charge in [-0.1, -0.05) is 52.3 Å². The van der Waals surface area contributed by atoms with E-state index in [9.17, 15) is 0 Å². The Morgan fingerprint density at radius 2 is 1.50 bits per heavy atom. The summed E-state index contributed by atoms with van der Waals surface area (Å²) in [6, 6.07) is 16.7. The van der Waals surface area contributed by atoms with Gasteiger partial charge in [0.2, 0.25) is 0 Å². The van der Waals surface area contributed by atoms with E-state index in [1.807, 2.05) is 18.2 Å². The van der Waals surface area contributed by atoms with Gasteiger partial charge in [-0.3, -0.25) is 0 Å². The van der Waals surface area contributed by atoms with Crippen LogP contribution in [0.25, 0.3) is 0 Å². The third-order valence-corrected chi connectivity index (χ3v) is 3.49. The maximum atomic E-state index is 5.82. The second-order valence-electron chi connectivity index (χ2n) is 4.19. The number of hydrogen-bond acceptors (Lipinski definition) is 1. The van der Waals surface area contributed by atoms with E-state index in [0.717, 1.165) is 17.6 Å². The molecule has 0 saturated carbocycles. The molecule has 2 aromatic carbocycles. The van der Waals surface area contributed by atoms with Crippen molar-refractivity contribution in [3.8, 4) is 0 Å². The standard InChI is InChI=1S/C15H15BrClN/c16-15-6-2-5-14(8-15)11-18-10-13-4-1-3-12(7-13)9-17/h1-8,18H,9-11H2. The van der Waals surface area contributed by atoms with Gasteiger partial charge in [-0.05, 0) is 28.8 Å². The number of nitrogens with one attached hydrogen (secondary N) is 1. The van der Waals surface area contributed by atoms with Crippen molar-refractivity contribution in [2.24, 2.45) is 0 Å². The van der Waals surface area contributed by atoms with Crippen molar-refractivity contribution in [1.29, 1.82) is 0 Å². The summed E-state index contributed by atoms with van der Waals surface area (Å²) in [6.07, 6.45) is 0. The van der Waals surface area contributed by atoms with Crippen LogP contribution in [0.1, 0.15) is 16.7 Å². The molecule has 0 saturated heterocycles. The molecular formula is C15H15BrClN. The molecule has 2 rings (SSSR count). The van der Waals surface area contributed by atoms with Gasteiger partial charge in [0.25, 0.3) is 0 Å². The summed E-state index contributed by atoms with van der Waals surface area (Å²) in [7, 11) is 0. The molecule has 0 unspecified atom stereocenters. The Kier molecular flexibility index (Phi) is 5.24. The highest BCUT2D eigenvalue weighted by Crippen LogP contribution is 2.12. The van der Waals surface area contributed by atoms with Gasteiger partial charge in [0.15, 0.2) is 0 Å². The highest BCUT2D eigenvalue weighted by molar-refractivity contribution is 9.10. The van der Waals surface area contributed by atoms with E-state index in [1.165, 1.54) is 16.7 Å². The van der Waals surface area contributed by atoms with Crippen molar-refractivity contribution in [3.05, 3.63) is 69.7 Å². The third-order valence-electron chi connectivity index (χ3n) is 2.69. The Hall–Kier alpha value is -0.830. The molecule has 0 bridgehead atoms. The normalized spacial score (nSPS) is 10.6. The molecule has 1 N–H and O–H groups in total. The van der Waals surface area contributed by atoms with Crippen molar-refractivity contribution < 1.29 is 0 Å². The molecule has 0 aliphatic rings. The predicted octanol–water partition coefficient (Wildman–Crippen LogP) is 4.48. The fraction of sp³-hybridized carbons (Fsp3) is 0.200. The topological polar surface area (TPSA) is 12.0 Å². The summed E-state index contributed by atoms with van der Waals surface area (Å²) in [5.74, 6) is 0.569. The molecule has 0 aliphatic heterocycles. The van der Waals surface area contributed by atoms with Gasteiger partial charge >= 0.3 is 0 Å². The number of benzene rings is 2. The Morgan fingerprint density at radius 3 is 2.17 bits per heavy atom. The van der Waals surface area contributed by atoms with Gasteiger partial charge < -0.3 is 5.32 Å². The van der Waals surface area contributed by atoms with Gasteiger partial charge in [0, 0.05) is 23.4 Å². The summed E-state index contributed by atoms with van der Waals surface area (Å²) >= 11 is 9.30. The molecule has 0 heterocycles. The summed E-state index contributed by atoms with van der Waals surface area (Å²) in [6.45, 7) is 1.72. The molecule has 0 aromatic heterocycles. The molecule has 0 amide bonds. The first-order valence-corrected chi connectivity index (χ1v) is 7.19. The van der Waals surface area contributed by atoms with Crippen LogP contribution in [0, 0.1) is 0 Å². The van der Waals surface area contributed by atoms with E-state index in [4.69, 9.17) is 11.6 Å². The average molecular weight is 325 g/mol. The molecule has 18 heavy (non-hydrogen) atoms. The SMILES string of the molecule is ClCc1cccc(CNCc2cccc(Br)c2)c1. The lowest BCUT2D eigenvalue weighted by atomic mass is 10.1. The van der Waals surface area contributed by atoms with Crippen LogP contribution in [0.5, 0.6) is 0 Å². The molecule has 3 heteroatoms. The van der Waals surface area contributed by atoms with E-state index in [-0.39, 0.29) is 0 Å². The first kappa shape index (κ1) is 13.6. The first-order valence-electron chi connectivity index (χ1n) is 5.87. The highest BCUT2D eigenvalue weighted by Gasteiger charge is 1.97. The molecule has 2 aromatic rings. The second kappa shape index (κ2) is 6.93. The fourth-order valence-corrected chi connectivity index (χ4v) is 2.43. The minimum atomic E-state index is 0.569. The van der Waals surface area contributed by atoms with E-state index >= 15 is 0 Å². The van der Waals surface area contributed by atoms with Crippen molar-refractivity contribution in [2.75, 3.05) is 0 Å². The Labute approximate surface area is 121 Å². The Bertz CT molecular complexity index is 513. The third kappa shape index (κ3) is 4.13. The maximum Gasteiger partial charge on any atom is 0.0474 e. The molecule has 0 atom stereocenters. The van der Waals surface area contributed by atoms with Crippen LogP contribution in [0.2, 0.25) is 0 Å². The van der Waals surface area contributed by atoms with Crippen molar-refractivity contribution in [3.63, 3.8) is 0 Å². The number of halogens is 2. The minimum absolute atomic E-state index is 0.569. The number of alkyl halides is 1. The largest absolute Gasteiger partial charge is 0.309 e. The smallest absolute Gasteiger partial charge is 0.0474 e. The van der Waals surface area contributed by atoms with Crippen molar-refractivity contribution in [2.45, 2.75) is 19.0 Å². The van der Waals surface area contributed by atoms with Crippen LogP contribution in [-0.2, 0) is 19.0 Å². The van der Waals surface area contributed by atoms with Crippen molar-refractivity contribution in [1.82, 2.24) is 5.32 Å². The quantitative estimate of drug-likeness (QED) is 0.800. The summed E-state index contributed by atoms with van der Waals surface area (Å²) in [4.78, 5) is 0. The monoisotopic (exact) mass is 323 g/mol. The van der Waals surface area contributed by atoms with Crippen LogP contribution in [0.15, 0.2) is 53.0 Å². The van der Waals surface area contributed by atoms with Gasteiger partial charge in [-0.2, -0.15) is 0 Å². The molecule has 0 fully saturated rings. The van der Waals surface area contributed by atoms with E-state index in [0.29, 0.717) is 5.88 Å². The lowest BCUT2D eigenvalue weighted by molar-refractivity contribution is 0.693. The predicted molar refractivity (Wildman–Crippen MR) is 80.7 cm³/mol. The van der Waals surface area contributed by atoms with Crippen LogP contribution >= 0.6 is 27.5 Å². The van der Waals surface area contributed by atoms with Gasteiger partial charge in [0.1, 0.15) is 0 Å². The van der Waals surface area contributed by atoms with Crippen molar-refractivity contribution >= 4 is 27.5 Å². The van der Waals surface area contributed by atoms with Crippen LogP contribution in [-0.4, -0.2) is 0 Å². The van der Waals surface area contributed by atoms with Gasteiger partial charge in [0.05, 0.1) is 0 Å². The average Bonchev–Trinajstić information content (AvgIpc) is 2.39. The maximum absolute atomic E-state index is 5.82. The molecule has 0 radical (unpaired) electrons. The molecule has 0 spiro atoms. The zero-order valence-corrected chi connectivity index (χ0v) is 12.3. The zero-order chi connectivity index (χ0) is 12.8. The number of rotatable bonds is 5. The van der Waals surface area contributed by atoms with Gasteiger partial charge in [-0.15, -0.1) is 11.6 Å². The second-order valence-corrected chi connectivity index (χ2v) is 5.37. The molecule has 1 nitrogen and oxygen atoms in total. The van der Waals surface area contributed by atoms with Crippen LogP contribution < -0.4 is 5.32 Å².